The summed E-state index contributed by atoms with van der Waals surface area (Å²) in [7, 11) is 0. The maximum absolute atomic E-state index is 11.6. The van der Waals surface area contributed by atoms with Gasteiger partial charge in [0, 0.05) is 30.7 Å². The summed E-state index contributed by atoms with van der Waals surface area (Å²) in [5.74, 6) is 0. The van der Waals surface area contributed by atoms with Gasteiger partial charge in [-0.3, -0.25) is 0 Å². The highest BCUT2D eigenvalue weighted by Crippen LogP contribution is 2.17. The van der Waals surface area contributed by atoms with Crippen molar-refractivity contribution in [1.29, 1.82) is 0 Å². The number of hydrogen-bond donors (Lipinski definition) is 2. The Morgan fingerprint density at radius 2 is 1.74 bits per heavy atom. The number of urea groups is 1. The summed E-state index contributed by atoms with van der Waals surface area (Å²) in [5.41, 5.74) is 3.00. The van der Waals surface area contributed by atoms with Crippen LogP contribution in [0, 0.1) is 0 Å². The van der Waals surface area contributed by atoms with E-state index in [1.807, 2.05) is 38.1 Å². The quantitative estimate of drug-likeness (QED) is 0.851. The van der Waals surface area contributed by atoms with Crippen LogP contribution in [-0.2, 0) is 0 Å². The van der Waals surface area contributed by atoms with Crippen LogP contribution in [0.2, 0.25) is 0 Å². The molecule has 0 heterocycles. The Bertz CT molecular complexity index is 429. The minimum absolute atomic E-state index is 0.225. The summed E-state index contributed by atoms with van der Waals surface area (Å²) >= 11 is 0. The number of nitrogens with one attached hydrogen (secondary N) is 2. The van der Waals surface area contributed by atoms with Gasteiger partial charge >= 0.3 is 6.03 Å². The van der Waals surface area contributed by atoms with E-state index in [9.17, 15) is 4.79 Å². The molecule has 19 heavy (non-hydrogen) atoms. The van der Waals surface area contributed by atoms with Crippen LogP contribution in [0.25, 0.3) is 0 Å². The molecule has 0 spiro atoms. The molecule has 2 amide bonds. The van der Waals surface area contributed by atoms with Crippen molar-refractivity contribution in [3.63, 3.8) is 0 Å². The van der Waals surface area contributed by atoms with E-state index in [1.54, 1.807) is 6.20 Å². The van der Waals surface area contributed by atoms with Gasteiger partial charge in [0.05, 0.1) is 0 Å². The highest BCUT2D eigenvalue weighted by atomic mass is 16.2. The molecule has 0 bridgehead atoms. The first-order valence-corrected chi connectivity index (χ1v) is 6.62. The fourth-order valence-corrected chi connectivity index (χ4v) is 1.72. The van der Waals surface area contributed by atoms with Gasteiger partial charge in [-0.2, -0.15) is 0 Å². The average Bonchev–Trinajstić information content (AvgIpc) is 2.40. The predicted octanol–water partition coefficient (Wildman–Crippen LogP) is 3.58. The molecule has 0 atom stereocenters. The maximum Gasteiger partial charge on any atom is 0.323 e. The molecule has 1 aromatic carbocycles. The minimum atomic E-state index is -0.225. The second-order valence-corrected chi connectivity index (χ2v) is 4.54. The maximum atomic E-state index is 11.6. The predicted molar refractivity (Wildman–Crippen MR) is 81.6 cm³/mol. The number of amides is 2. The van der Waals surface area contributed by atoms with E-state index < -0.39 is 0 Å². The lowest BCUT2D eigenvalue weighted by molar-refractivity contribution is 0.255. The van der Waals surface area contributed by atoms with E-state index in [-0.39, 0.29) is 6.03 Å². The first-order chi connectivity index (χ1) is 9.06. The molecule has 0 aliphatic heterocycles. The van der Waals surface area contributed by atoms with Gasteiger partial charge in [-0.15, -0.1) is 0 Å². The van der Waals surface area contributed by atoms with Crippen molar-refractivity contribution in [3.8, 4) is 0 Å². The third-order valence-electron chi connectivity index (χ3n) is 2.75. The molecule has 0 saturated carbocycles. The number of carbonyl (C=O) groups excluding carboxylic acids is 1. The number of anilines is 2. The normalized spacial score (nSPS) is 9.68. The molecule has 0 radical (unpaired) electrons. The highest BCUT2D eigenvalue weighted by molar-refractivity contribution is 5.90. The Labute approximate surface area is 115 Å². The first kappa shape index (κ1) is 15.1. The topological polar surface area (TPSA) is 44.4 Å². The summed E-state index contributed by atoms with van der Waals surface area (Å²) in [5, 5.41) is 5.45. The van der Waals surface area contributed by atoms with Crippen molar-refractivity contribution in [2.24, 2.45) is 0 Å². The molecular weight excluding hydrogens is 238 g/mol. The number of carbonyl (C=O) groups is 1. The zero-order valence-corrected chi connectivity index (χ0v) is 12.2. The lowest BCUT2D eigenvalue weighted by atomic mass is 10.2. The molecule has 104 valence electrons. The smallest absolute Gasteiger partial charge is 0.323 e. The molecule has 1 rings (SSSR count). The number of nitrogens with zero attached hydrogens (tertiary/aromatic N) is 1. The first-order valence-electron chi connectivity index (χ1n) is 6.62. The van der Waals surface area contributed by atoms with Crippen molar-refractivity contribution in [1.82, 2.24) is 5.32 Å². The number of hydrogen-bond acceptors (Lipinski definition) is 2. The van der Waals surface area contributed by atoms with E-state index in [4.69, 9.17) is 0 Å². The summed E-state index contributed by atoms with van der Waals surface area (Å²) in [6.07, 6.45) is 1.68. The molecule has 2 N–H and O–H groups in total. The van der Waals surface area contributed by atoms with E-state index >= 15 is 0 Å². The van der Waals surface area contributed by atoms with Crippen LogP contribution in [0.3, 0.4) is 0 Å². The van der Waals surface area contributed by atoms with Crippen molar-refractivity contribution in [2.75, 3.05) is 23.3 Å². The largest absolute Gasteiger partial charge is 0.372 e. The third kappa shape index (κ3) is 5.04. The number of rotatable bonds is 5. The molecule has 0 unspecified atom stereocenters. The molecule has 0 aliphatic carbocycles. The molecule has 0 saturated heterocycles. The van der Waals surface area contributed by atoms with E-state index in [0.29, 0.717) is 0 Å². The van der Waals surface area contributed by atoms with E-state index in [2.05, 4.69) is 29.4 Å². The minimum Gasteiger partial charge on any atom is -0.372 e. The van der Waals surface area contributed by atoms with Crippen LogP contribution < -0.4 is 15.5 Å². The van der Waals surface area contributed by atoms with Crippen molar-refractivity contribution >= 4 is 17.4 Å². The summed E-state index contributed by atoms with van der Waals surface area (Å²) in [6, 6.07) is 7.63. The summed E-state index contributed by atoms with van der Waals surface area (Å²) in [4.78, 5) is 13.8. The highest BCUT2D eigenvalue weighted by Gasteiger charge is 2.03. The third-order valence-corrected chi connectivity index (χ3v) is 2.75. The van der Waals surface area contributed by atoms with Gasteiger partial charge in [0.25, 0.3) is 0 Å². The molecule has 4 nitrogen and oxygen atoms in total. The zero-order chi connectivity index (χ0) is 14.3. The van der Waals surface area contributed by atoms with Gasteiger partial charge in [-0.1, -0.05) is 5.57 Å². The number of allylic oxidation sites excluding steroid dienone is 1. The fraction of sp³-hybridized carbons (Fsp3) is 0.400. The Kier molecular flexibility index (Phi) is 5.93. The lowest BCUT2D eigenvalue weighted by Crippen LogP contribution is -2.24. The van der Waals surface area contributed by atoms with E-state index in [1.165, 1.54) is 5.69 Å². The van der Waals surface area contributed by atoms with Crippen LogP contribution in [0.5, 0.6) is 0 Å². The SMILES string of the molecule is CCN(CC)c1ccc(NC(=O)NC=C(C)C)cc1. The Hall–Kier alpha value is -1.97. The standard InChI is InChI=1S/C15H23N3O/c1-5-18(6-2)14-9-7-13(8-10-14)17-15(19)16-11-12(3)4/h7-11H,5-6H2,1-4H3,(H2,16,17,19). The second-order valence-electron chi connectivity index (χ2n) is 4.54. The Morgan fingerprint density at radius 3 is 2.21 bits per heavy atom. The van der Waals surface area contributed by atoms with Crippen molar-refractivity contribution < 1.29 is 4.79 Å². The van der Waals surface area contributed by atoms with Gasteiger partial charge in [-0.05, 0) is 52.0 Å². The van der Waals surface area contributed by atoms with Gasteiger partial charge in [0.2, 0.25) is 0 Å². The fourth-order valence-electron chi connectivity index (χ4n) is 1.72. The van der Waals surface area contributed by atoms with Crippen LogP contribution in [0.15, 0.2) is 36.0 Å². The van der Waals surface area contributed by atoms with Gasteiger partial charge < -0.3 is 15.5 Å². The Morgan fingerprint density at radius 1 is 1.16 bits per heavy atom. The molecule has 0 fully saturated rings. The monoisotopic (exact) mass is 261 g/mol. The second kappa shape index (κ2) is 7.46. The van der Waals surface area contributed by atoms with Crippen LogP contribution in [-0.4, -0.2) is 19.1 Å². The molecule has 0 aromatic heterocycles. The molecule has 1 aromatic rings. The summed E-state index contributed by atoms with van der Waals surface area (Å²) < 4.78 is 0. The molecule has 4 heteroatoms. The number of benzene rings is 1. The van der Waals surface area contributed by atoms with Gasteiger partial charge in [0.15, 0.2) is 0 Å². The van der Waals surface area contributed by atoms with Gasteiger partial charge in [-0.25, -0.2) is 4.79 Å². The van der Waals surface area contributed by atoms with Gasteiger partial charge in [0.1, 0.15) is 0 Å². The van der Waals surface area contributed by atoms with Crippen LogP contribution >= 0.6 is 0 Å². The van der Waals surface area contributed by atoms with Crippen LogP contribution in [0.1, 0.15) is 27.7 Å². The summed E-state index contributed by atoms with van der Waals surface area (Å²) in [6.45, 7) is 10.1. The Balaban J connectivity index is 2.62. The van der Waals surface area contributed by atoms with Crippen LogP contribution in [0.4, 0.5) is 16.2 Å². The molecule has 0 aliphatic rings. The van der Waals surface area contributed by atoms with E-state index in [0.717, 1.165) is 24.4 Å². The van der Waals surface area contributed by atoms with Crippen molar-refractivity contribution in [2.45, 2.75) is 27.7 Å². The average molecular weight is 261 g/mol. The molecular formula is C15H23N3O. The van der Waals surface area contributed by atoms with Crippen molar-refractivity contribution in [3.05, 3.63) is 36.0 Å². The lowest BCUT2D eigenvalue weighted by Gasteiger charge is -2.21. The zero-order valence-electron chi connectivity index (χ0n) is 12.2.